The summed E-state index contributed by atoms with van der Waals surface area (Å²) in [4.78, 5) is 33.0. The molecule has 2 aromatic carbocycles. The smallest absolute Gasteiger partial charge is 0.259 e. The summed E-state index contributed by atoms with van der Waals surface area (Å²) < 4.78 is 26.0. The fraction of sp³-hybridized carbons (Fsp3) is 0.273. The first-order valence-electron chi connectivity index (χ1n) is 9.96. The second-order valence-corrected chi connectivity index (χ2v) is 9.79. The van der Waals surface area contributed by atoms with Gasteiger partial charge in [0, 0.05) is 63.1 Å². The Morgan fingerprint density at radius 3 is 2.32 bits per heavy atom. The van der Waals surface area contributed by atoms with Crippen molar-refractivity contribution in [1.82, 2.24) is 14.2 Å². The number of piperazine rings is 1. The van der Waals surface area contributed by atoms with Gasteiger partial charge in [-0.25, -0.2) is 12.7 Å². The van der Waals surface area contributed by atoms with Crippen LogP contribution in [0.4, 0.5) is 5.69 Å². The van der Waals surface area contributed by atoms with Crippen LogP contribution < -0.4 is 10.3 Å². The number of amides is 1. The predicted molar refractivity (Wildman–Crippen MR) is 120 cm³/mol. The highest BCUT2D eigenvalue weighted by atomic mass is 32.2. The van der Waals surface area contributed by atoms with Crippen LogP contribution in [0.1, 0.15) is 10.4 Å². The van der Waals surface area contributed by atoms with Crippen LogP contribution in [-0.4, -0.2) is 68.8 Å². The van der Waals surface area contributed by atoms with Crippen LogP contribution in [0, 0.1) is 0 Å². The average Bonchev–Trinajstić information content (AvgIpc) is 2.79. The number of anilines is 1. The molecule has 0 radical (unpaired) electrons. The first-order chi connectivity index (χ1) is 14.8. The molecule has 8 nitrogen and oxygen atoms in total. The van der Waals surface area contributed by atoms with Gasteiger partial charge in [0.05, 0.1) is 4.90 Å². The fourth-order valence-electron chi connectivity index (χ4n) is 3.70. The van der Waals surface area contributed by atoms with Crippen molar-refractivity contribution in [2.24, 2.45) is 0 Å². The molecule has 1 aliphatic rings. The molecule has 1 amide bonds. The Labute approximate surface area is 180 Å². The normalized spacial score (nSPS) is 14.9. The molecular formula is C22H24N4O4S. The van der Waals surface area contributed by atoms with Crippen LogP contribution in [0.3, 0.4) is 0 Å². The average molecular weight is 441 g/mol. The van der Waals surface area contributed by atoms with E-state index in [1.54, 1.807) is 11.0 Å². The highest BCUT2D eigenvalue weighted by Crippen LogP contribution is 2.19. The van der Waals surface area contributed by atoms with Gasteiger partial charge in [-0.3, -0.25) is 9.59 Å². The molecule has 3 aromatic rings. The number of sulfonamides is 1. The Balaban J connectivity index is 1.60. The van der Waals surface area contributed by atoms with Gasteiger partial charge < -0.3 is 14.8 Å². The zero-order valence-corrected chi connectivity index (χ0v) is 18.2. The van der Waals surface area contributed by atoms with Crippen molar-refractivity contribution in [3.8, 4) is 0 Å². The Morgan fingerprint density at radius 1 is 1.00 bits per heavy atom. The monoisotopic (exact) mass is 440 g/mol. The Morgan fingerprint density at radius 2 is 1.68 bits per heavy atom. The number of carbonyl (C=O) groups is 1. The molecule has 9 heteroatoms. The van der Waals surface area contributed by atoms with Gasteiger partial charge >= 0.3 is 0 Å². The maximum atomic E-state index is 13.1. The maximum absolute atomic E-state index is 13.1. The highest BCUT2D eigenvalue weighted by molar-refractivity contribution is 7.89. The minimum Gasteiger partial charge on any atom is -0.368 e. The summed E-state index contributed by atoms with van der Waals surface area (Å²) >= 11 is 0. The van der Waals surface area contributed by atoms with E-state index in [0.717, 1.165) is 9.99 Å². The molecule has 1 fully saturated rings. The van der Waals surface area contributed by atoms with Gasteiger partial charge in [0.1, 0.15) is 5.56 Å². The molecule has 1 N–H and O–H groups in total. The largest absolute Gasteiger partial charge is 0.368 e. The second kappa shape index (κ2) is 8.16. The van der Waals surface area contributed by atoms with Gasteiger partial charge in [0.15, 0.2) is 0 Å². The van der Waals surface area contributed by atoms with Gasteiger partial charge in [0.25, 0.3) is 5.91 Å². The van der Waals surface area contributed by atoms with E-state index in [1.807, 2.05) is 30.3 Å². The topological polar surface area (TPSA) is 93.8 Å². The lowest BCUT2D eigenvalue weighted by molar-refractivity contribution is 0.0745. The van der Waals surface area contributed by atoms with Gasteiger partial charge in [-0.1, -0.05) is 18.2 Å². The summed E-state index contributed by atoms with van der Waals surface area (Å²) in [6.07, 6.45) is 1.41. The van der Waals surface area contributed by atoms with Crippen molar-refractivity contribution in [3.05, 3.63) is 70.5 Å². The number of hydrogen-bond acceptors (Lipinski definition) is 5. The molecule has 0 atom stereocenters. The molecule has 0 saturated carbocycles. The van der Waals surface area contributed by atoms with Crippen molar-refractivity contribution in [1.29, 1.82) is 0 Å². The zero-order valence-electron chi connectivity index (χ0n) is 17.4. The Bertz CT molecular complexity index is 1280. The number of aromatic amines is 1. The SMILES string of the molecule is CN(C)S(=O)(=O)c1ccc2[nH]cc(C(=O)N3CCN(c4ccccc4)CC3)c(=O)c2c1. The number of benzene rings is 2. The van der Waals surface area contributed by atoms with Crippen molar-refractivity contribution in [2.45, 2.75) is 4.90 Å². The third-order valence-corrected chi connectivity index (χ3v) is 7.36. The highest BCUT2D eigenvalue weighted by Gasteiger charge is 2.25. The van der Waals surface area contributed by atoms with E-state index < -0.39 is 15.5 Å². The van der Waals surface area contributed by atoms with Gasteiger partial charge in [0.2, 0.25) is 15.5 Å². The summed E-state index contributed by atoms with van der Waals surface area (Å²) in [5.41, 5.74) is 1.13. The van der Waals surface area contributed by atoms with Crippen LogP contribution in [0.2, 0.25) is 0 Å². The summed E-state index contributed by atoms with van der Waals surface area (Å²) in [6.45, 7) is 2.35. The van der Waals surface area contributed by atoms with Gasteiger partial charge in [-0.05, 0) is 30.3 Å². The molecule has 31 heavy (non-hydrogen) atoms. The molecule has 4 rings (SSSR count). The van der Waals surface area contributed by atoms with Gasteiger partial charge in [-0.2, -0.15) is 0 Å². The van der Waals surface area contributed by atoms with E-state index in [1.165, 1.54) is 32.4 Å². The van der Waals surface area contributed by atoms with Crippen molar-refractivity contribution in [2.75, 3.05) is 45.2 Å². The summed E-state index contributed by atoms with van der Waals surface area (Å²) in [5.74, 6) is -0.350. The molecule has 0 bridgehead atoms. The molecule has 1 saturated heterocycles. The number of aromatic nitrogens is 1. The molecule has 1 aliphatic heterocycles. The molecule has 0 unspecified atom stereocenters. The minimum atomic E-state index is -3.69. The Kier molecular flexibility index (Phi) is 5.55. The molecule has 162 valence electrons. The number of H-pyrrole nitrogens is 1. The van der Waals surface area contributed by atoms with E-state index in [4.69, 9.17) is 0 Å². The van der Waals surface area contributed by atoms with Crippen LogP contribution >= 0.6 is 0 Å². The molecule has 0 spiro atoms. The van der Waals surface area contributed by atoms with Crippen molar-refractivity contribution in [3.63, 3.8) is 0 Å². The predicted octanol–water partition coefficient (Wildman–Crippen LogP) is 1.74. The Hall–Kier alpha value is -3.17. The number of pyridine rings is 1. The molecule has 1 aromatic heterocycles. The zero-order chi connectivity index (χ0) is 22.2. The van der Waals surface area contributed by atoms with E-state index in [2.05, 4.69) is 9.88 Å². The number of nitrogens with one attached hydrogen (secondary N) is 1. The van der Waals surface area contributed by atoms with E-state index in [-0.39, 0.29) is 21.8 Å². The van der Waals surface area contributed by atoms with Crippen LogP contribution in [0.25, 0.3) is 10.9 Å². The first-order valence-corrected chi connectivity index (χ1v) is 11.4. The first kappa shape index (κ1) is 21.1. The fourth-order valence-corrected chi connectivity index (χ4v) is 4.63. The lowest BCUT2D eigenvalue weighted by atomic mass is 10.1. The maximum Gasteiger partial charge on any atom is 0.259 e. The molecule has 2 heterocycles. The summed E-state index contributed by atoms with van der Waals surface area (Å²) in [7, 11) is -0.833. The summed E-state index contributed by atoms with van der Waals surface area (Å²) in [5, 5.41) is 0.177. The lowest BCUT2D eigenvalue weighted by Gasteiger charge is -2.36. The number of hydrogen-bond donors (Lipinski definition) is 1. The number of carbonyl (C=O) groups excluding carboxylic acids is 1. The number of nitrogens with zero attached hydrogens (tertiary/aromatic N) is 3. The quantitative estimate of drug-likeness (QED) is 0.667. The minimum absolute atomic E-state index is 0.0107. The standard InChI is InChI=1S/C22H24N4O4S/c1-24(2)31(29,30)17-8-9-20-18(14-17)21(27)19(15-23-20)22(28)26-12-10-25(11-13-26)16-6-4-3-5-7-16/h3-9,14-15H,10-13H2,1-2H3,(H,23,27). The van der Waals surface area contributed by atoms with Gasteiger partial charge in [-0.15, -0.1) is 0 Å². The van der Waals surface area contributed by atoms with E-state index >= 15 is 0 Å². The molecule has 0 aliphatic carbocycles. The van der Waals surface area contributed by atoms with Crippen molar-refractivity contribution < 1.29 is 13.2 Å². The number of fused-ring (bicyclic) bond motifs is 1. The third kappa shape index (κ3) is 3.94. The number of para-hydroxylation sites is 1. The molecular weight excluding hydrogens is 416 g/mol. The number of rotatable bonds is 4. The lowest BCUT2D eigenvalue weighted by Crippen LogP contribution is -2.49. The van der Waals surface area contributed by atoms with E-state index in [9.17, 15) is 18.0 Å². The van der Waals surface area contributed by atoms with E-state index in [0.29, 0.717) is 31.7 Å². The second-order valence-electron chi connectivity index (χ2n) is 7.64. The van der Waals surface area contributed by atoms with Crippen LogP contribution in [-0.2, 0) is 10.0 Å². The summed E-state index contributed by atoms with van der Waals surface area (Å²) in [6, 6.07) is 14.3. The van der Waals surface area contributed by atoms with Crippen LogP contribution in [0.15, 0.2) is 64.4 Å². The van der Waals surface area contributed by atoms with Crippen LogP contribution in [0.5, 0.6) is 0 Å². The van der Waals surface area contributed by atoms with Crippen molar-refractivity contribution >= 4 is 32.5 Å². The third-order valence-electron chi connectivity index (χ3n) is 5.55.